The number of hydrogen-bond donors (Lipinski definition) is 1. The molecule has 1 aromatic rings. The predicted octanol–water partition coefficient (Wildman–Crippen LogP) is 0.167. The van der Waals surface area contributed by atoms with Crippen LogP contribution in [0.1, 0.15) is 5.56 Å². The van der Waals surface area contributed by atoms with Gasteiger partial charge in [-0.05, 0) is 5.56 Å². The Morgan fingerprint density at radius 2 is 2.07 bits per heavy atom. The van der Waals surface area contributed by atoms with Crippen LogP contribution < -0.4 is 5.73 Å². The molecule has 0 bridgehead atoms. The summed E-state index contributed by atoms with van der Waals surface area (Å²) < 4.78 is 4.75. The van der Waals surface area contributed by atoms with Crippen molar-refractivity contribution in [2.45, 2.75) is 12.6 Å². The SMILES string of the molecule is NC([C]=O)C(=O)OCc1ccccc1. The van der Waals surface area contributed by atoms with Crippen molar-refractivity contribution in [2.24, 2.45) is 5.73 Å². The third kappa shape index (κ3) is 2.99. The fourth-order valence-corrected chi connectivity index (χ4v) is 0.867. The third-order valence-corrected chi connectivity index (χ3v) is 1.60. The molecule has 0 fully saturated rings. The number of carbonyl (C=O) groups excluding carboxylic acids is 2. The van der Waals surface area contributed by atoms with Crippen LogP contribution in [-0.2, 0) is 20.9 Å². The van der Waals surface area contributed by atoms with Crippen molar-refractivity contribution in [3.05, 3.63) is 35.9 Å². The smallest absolute Gasteiger partial charge is 0.331 e. The molecular weight excluding hydrogens is 182 g/mol. The van der Waals surface area contributed by atoms with Gasteiger partial charge in [-0.15, -0.1) is 0 Å². The molecule has 1 rings (SSSR count). The van der Waals surface area contributed by atoms with Crippen molar-refractivity contribution in [1.29, 1.82) is 0 Å². The molecule has 0 saturated heterocycles. The molecular formula is C10H10NO3. The van der Waals surface area contributed by atoms with Crippen LogP contribution in [-0.4, -0.2) is 18.3 Å². The first-order valence-corrected chi connectivity index (χ1v) is 4.08. The van der Waals surface area contributed by atoms with E-state index in [1.165, 1.54) is 6.29 Å². The molecule has 0 aromatic heterocycles. The number of hydrogen-bond acceptors (Lipinski definition) is 4. The lowest BCUT2D eigenvalue weighted by Crippen LogP contribution is -2.33. The second-order valence-electron chi connectivity index (χ2n) is 2.69. The van der Waals surface area contributed by atoms with E-state index in [1.54, 1.807) is 0 Å². The topological polar surface area (TPSA) is 69.4 Å². The summed E-state index contributed by atoms with van der Waals surface area (Å²) >= 11 is 0. The van der Waals surface area contributed by atoms with Crippen molar-refractivity contribution in [1.82, 2.24) is 0 Å². The number of carbonyl (C=O) groups is 1. The summed E-state index contributed by atoms with van der Waals surface area (Å²) in [7, 11) is 0. The van der Waals surface area contributed by atoms with Gasteiger partial charge in [0.05, 0.1) is 0 Å². The van der Waals surface area contributed by atoms with Gasteiger partial charge in [-0.3, -0.25) is 4.79 Å². The predicted molar refractivity (Wildman–Crippen MR) is 49.9 cm³/mol. The highest BCUT2D eigenvalue weighted by Gasteiger charge is 2.14. The Balaban J connectivity index is 2.42. The molecule has 0 spiro atoms. The Labute approximate surface area is 81.7 Å². The normalized spacial score (nSPS) is 11.8. The van der Waals surface area contributed by atoms with Gasteiger partial charge < -0.3 is 10.5 Å². The van der Waals surface area contributed by atoms with Crippen LogP contribution in [0.3, 0.4) is 0 Å². The summed E-state index contributed by atoms with van der Waals surface area (Å²) in [6.07, 6.45) is 1.35. The first-order chi connectivity index (χ1) is 6.74. The molecule has 0 heterocycles. The van der Waals surface area contributed by atoms with Crippen LogP contribution in [0.25, 0.3) is 0 Å². The molecule has 14 heavy (non-hydrogen) atoms. The van der Waals surface area contributed by atoms with Crippen molar-refractivity contribution in [2.75, 3.05) is 0 Å². The maximum absolute atomic E-state index is 10.9. The quantitative estimate of drug-likeness (QED) is 0.545. The Kier molecular flexibility index (Phi) is 3.82. The van der Waals surface area contributed by atoms with Crippen LogP contribution in [0.2, 0.25) is 0 Å². The molecule has 0 aliphatic carbocycles. The van der Waals surface area contributed by atoms with Crippen LogP contribution >= 0.6 is 0 Å². The molecule has 0 amide bonds. The van der Waals surface area contributed by atoms with E-state index < -0.39 is 12.0 Å². The molecule has 0 saturated carbocycles. The van der Waals surface area contributed by atoms with Crippen LogP contribution in [0.15, 0.2) is 30.3 Å². The summed E-state index contributed by atoms with van der Waals surface area (Å²) in [5.74, 6) is -0.760. The molecule has 1 atom stereocenters. The van der Waals surface area contributed by atoms with Gasteiger partial charge in [0.2, 0.25) is 6.29 Å². The van der Waals surface area contributed by atoms with E-state index in [-0.39, 0.29) is 6.61 Å². The number of rotatable bonds is 4. The number of esters is 1. The van der Waals surface area contributed by atoms with Gasteiger partial charge in [0.15, 0.2) is 6.04 Å². The zero-order valence-electron chi connectivity index (χ0n) is 7.47. The average molecular weight is 192 g/mol. The van der Waals surface area contributed by atoms with E-state index in [2.05, 4.69) is 0 Å². The lowest BCUT2D eigenvalue weighted by molar-refractivity contribution is -0.144. The van der Waals surface area contributed by atoms with Crippen LogP contribution in [0.5, 0.6) is 0 Å². The number of ether oxygens (including phenoxy) is 1. The zero-order valence-corrected chi connectivity index (χ0v) is 7.47. The van der Waals surface area contributed by atoms with E-state index in [1.807, 2.05) is 30.3 Å². The molecule has 1 unspecified atom stereocenters. The maximum Gasteiger partial charge on any atom is 0.331 e. The van der Waals surface area contributed by atoms with Gasteiger partial charge in [0.25, 0.3) is 0 Å². The highest BCUT2D eigenvalue weighted by atomic mass is 16.5. The molecule has 0 aliphatic rings. The number of nitrogens with two attached hydrogens (primary N) is 1. The Morgan fingerprint density at radius 1 is 1.43 bits per heavy atom. The molecule has 4 heteroatoms. The van der Waals surface area contributed by atoms with Crippen LogP contribution in [0.4, 0.5) is 0 Å². The average Bonchev–Trinajstić information content (AvgIpc) is 2.26. The lowest BCUT2D eigenvalue weighted by Gasteiger charge is -2.05. The van der Waals surface area contributed by atoms with E-state index in [9.17, 15) is 9.59 Å². The molecule has 1 radical (unpaired) electrons. The summed E-state index contributed by atoms with van der Waals surface area (Å²) in [5.41, 5.74) is 5.93. The Morgan fingerprint density at radius 3 is 2.64 bits per heavy atom. The fourth-order valence-electron chi connectivity index (χ4n) is 0.867. The monoisotopic (exact) mass is 192 g/mol. The number of benzene rings is 1. The molecule has 4 nitrogen and oxygen atoms in total. The van der Waals surface area contributed by atoms with Gasteiger partial charge in [-0.1, -0.05) is 30.3 Å². The van der Waals surface area contributed by atoms with E-state index in [4.69, 9.17) is 10.5 Å². The summed E-state index contributed by atoms with van der Waals surface area (Å²) in [4.78, 5) is 20.9. The minimum atomic E-state index is -1.31. The van der Waals surface area contributed by atoms with Gasteiger partial charge in [0.1, 0.15) is 6.61 Å². The van der Waals surface area contributed by atoms with Gasteiger partial charge in [0, 0.05) is 0 Å². The highest BCUT2D eigenvalue weighted by molar-refractivity contribution is 5.91. The van der Waals surface area contributed by atoms with Gasteiger partial charge in [-0.25, -0.2) is 4.79 Å². The lowest BCUT2D eigenvalue weighted by atomic mass is 10.2. The molecule has 1 aromatic carbocycles. The molecule has 0 aliphatic heterocycles. The molecule has 2 N–H and O–H groups in total. The zero-order chi connectivity index (χ0) is 10.4. The summed E-state index contributed by atoms with van der Waals surface area (Å²) in [5, 5.41) is 0. The second kappa shape index (κ2) is 5.14. The first kappa shape index (κ1) is 10.4. The largest absolute Gasteiger partial charge is 0.459 e. The van der Waals surface area contributed by atoms with Crippen LogP contribution in [0, 0.1) is 0 Å². The summed E-state index contributed by atoms with van der Waals surface area (Å²) in [6.45, 7) is 0.120. The molecule has 73 valence electrons. The first-order valence-electron chi connectivity index (χ1n) is 4.08. The van der Waals surface area contributed by atoms with Crippen molar-refractivity contribution in [3.63, 3.8) is 0 Å². The standard InChI is InChI=1S/C10H10NO3/c11-9(6-12)10(13)14-7-8-4-2-1-3-5-8/h1-5,9H,7,11H2. The highest BCUT2D eigenvalue weighted by Crippen LogP contribution is 2.00. The van der Waals surface area contributed by atoms with E-state index in [0.717, 1.165) is 5.56 Å². The van der Waals surface area contributed by atoms with Crippen molar-refractivity contribution < 1.29 is 14.3 Å². The third-order valence-electron chi connectivity index (χ3n) is 1.60. The Bertz CT molecular complexity index is 310. The second-order valence-corrected chi connectivity index (χ2v) is 2.69. The Hall–Kier alpha value is -1.68. The van der Waals surface area contributed by atoms with Crippen molar-refractivity contribution in [3.8, 4) is 0 Å². The van der Waals surface area contributed by atoms with Gasteiger partial charge in [-0.2, -0.15) is 0 Å². The minimum Gasteiger partial charge on any atom is -0.459 e. The van der Waals surface area contributed by atoms with Crippen molar-refractivity contribution >= 4 is 12.3 Å². The minimum absolute atomic E-state index is 0.120. The van der Waals surface area contributed by atoms with E-state index in [0.29, 0.717) is 0 Å². The van der Waals surface area contributed by atoms with Gasteiger partial charge >= 0.3 is 5.97 Å². The fraction of sp³-hybridized carbons (Fsp3) is 0.200. The van der Waals surface area contributed by atoms with E-state index >= 15 is 0 Å². The summed E-state index contributed by atoms with van der Waals surface area (Å²) in [6, 6.07) is 7.83. The maximum atomic E-state index is 10.9.